The van der Waals surface area contributed by atoms with E-state index >= 15 is 0 Å². The van der Waals surface area contributed by atoms with Crippen molar-refractivity contribution in [3.63, 3.8) is 0 Å². The number of carboxylic acids is 1. The van der Waals surface area contributed by atoms with Crippen molar-refractivity contribution >= 4 is 5.97 Å². The number of carbonyl (C=O) groups is 1. The van der Waals surface area contributed by atoms with Crippen LogP contribution in [0.25, 0.3) is 5.69 Å². The van der Waals surface area contributed by atoms with Crippen molar-refractivity contribution in [2.24, 2.45) is 11.8 Å². The number of piperidine rings is 1. The van der Waals surface area contributed by atoms with E-state index < -0.39 is 17.7 Å². The topological polar surface area (TPSA) is 67.6 Å². The number of aromatic nitrogens is 2. The quantitative estimate of drug-likeness (QED) is 0.325. The summed E-state index contributed by atoms with van der Waals surface area (Å²) in [6.07, 6.45) is 0.347. The molecule has 0 saturated carbocycles. The molecule has 6 nitrogen and oxygen atoms in total. The van der Waals surface area contributed by atoms with Gasteiger partial charge >= 0.3 is 12.1 Å². The number of halogens is 3. The predicted octanol–water partition coefficient (Wildman–Crippen LogP) is 6.84. The van der Waals surface area contributed by atoms with Crippen molar-refractivity contribution in [1.82, 2.24) is 14.5 Å². The van der Waals surface area contributed by atoms with Crippen molar-refractivity contribution in [3.05, 3.63) is 77.4 Å². The number of methoxy groups -OCH3 is 1. The van der Waals surface area contributed by atoms with Crippen molar-refractivity contribution in [2.45, 2.75) is 58.3 Å². The van der Waals surface area contributed by atoms with Gasteiger partial charge in [-0.05, 0) is 61.1 Å². The van der Waals surface area contributed by atoms with E-state index in [1.807, 2.05) is 49.7 Å². The summed E-state index contributed by atoms with van der Waals surface area (Å²) in [6, 6.07) is 10.4. The summed E-state index contributed by atoms with van der Waals surface area (Å²) in [5.41, 5.74) is 2.57. The number of aliphatic carboxylic acids is 1. The number of hydrogen-bond donors (Lipinski definition) is 1. The number of benzene rings is 2. The van der Waals surface area contributed by atoms with Crippen molar-refractivity contribution in [3.8, 4) is 23.3 Å². The molecular weight excluding hydrogens is 519 g/mol. The van der Waals surface area contributed by atoms with Gasteiger partial charge in [-0.3, -0.25) is 9.69 Å². The van der Waals surface area contributed by atoms with E-state index in [1.165, 1.54) is 12.1 Å². The van der Waals surface area contributed by atoms with E-state index in [-0.39, 0.29) is 30.3 Å². The third-order valence-corrected chi connectivity index (χ3v) is 7.19. The van der Waals surface area contributed by atoms with Crippen LogP contribution in [0, 0.1) is 30.6 Å². The van der Waals surface area contributed by atoms with Gasteiger partial charge in [0.15, 0.2) is 0 Å². The van der Waals surface area contributed by atoms with E-state index in [1.54, 1.807) is 13.4 Å². The smallest absolute Gasteiger partial charge is 0.416 e. The Kier molecular flexibility index (Phi) is 8.89. The molecule has 3 aromatic rings. The Morgan fingerprint density at radius 3 is 2.48 bits per heavy atom. The van der Waals surface area contributed by atoms with Crippen LogP contribution in [0.15, 0.2) is 55.0 Å². The molecule has 1 aliphatic rings. The maximum atomic E-state index is 13.3. The second-order valence-corrected chi connectivity index (χ2v) is 10.6. The molecule has 2 heterocycles. The lowest BCUT2D eigenvalue weighted by Gasteiger charge is -2.42. The minimum atomic E-state index is -4.44. The highest BCUT2D eigenvalue weighted by Crippen LogP contribution is 2.42. The van der Waals surface area contributed by atoms with Gasteiger partial charge in [0.2, 0.25) is 0 Å². The zero-order chi connectivity index (χ0) is 29.0. The number of ether oxygens (including phenoxy) is 1. The van der Waals surface area contributed by atoms with Crippen LogP contribution in [0.4, 0.5) is 13.2 Å². The van der Waals surface area contributed by atoms with Crippen LogP contribution in [0.3, 0.4) is 0 Å². The second kappa shape index (κ2) is 12.2. The number of rotatable bonds is 7. The number of imidazole rings is 1. The normalized spacial score (nSPS) is 18.7. The summed E-state index contributed by atoms with van der Waals surface area (Å²) >= 11 is 0. The van der Waals surface area contributed by atoms with Gasteiger partial charge < -0.3 is 14.4 Å². The SMILES string of the molecule is COc1cc(C(C#CC(C)C)N2CCC(CC(=O)O)CC2c2ccc(C(F)(F)F)cc2)ccc1-n1cnc(C)c1. The molecule has 1 fully saturated rings. The van der Waals surface area contributed by atoms with Gasteiger partial charge in [0.05, 0.1) is 36.4 Å². The molecule has 9 heteroatoms. The molecule has 0 amide bonds. The molecule has 1 saturated heterocycles. The highest BCUT2D eigenvalue weighted by atomic mass is 19.4. The highest BCUT2D eigenvalue weighted by Gasteiger charge is 2.36. The molecule has 40 heavy (non-hydrogen) atoms. The van der Waals surface area contributed by atoms with Gasteiger partial charge in [0, 0.05) is 31.1 Å². The fourth-order valence-electron chi connectivity index (χ4n) is 5.25. The average Bonchev–Trinajstić information content (AvgIpc) is 3.34. The van der Waals surface area contributed by atoms with Gasteiger partial charge in [-0.1, -0.05) is 43.9 Å². The summed E-state index contributed by atoms with van der Waals surface area (Å²) in [7, 11) is 1.60. The van der Waals surface area contributed by atoms with Gasteiger partial charge in [-0.2, -0.15) is 13.2 Å². The molecule has 1 aromatic heterocycles. The first-order chi connectivity index (χ1) is 19.0. The molecule has 2 aromatic carbocycles. The lowest BCUT2D eigenvalue weighted by molar-refractivity contribution is -0.139. The zero-order valence-electron chi connectivity index (χ0n) is 23.1. The Morgan fingerprint density at radius 1 is 1.18 bits per heavy atom. The first-order valence-corrected chi connectivity index (χ1v) is 13.3. The van der Waals surface area contributed by atoms with Crippen LogP contribution in [0.1, 0.15) is 67.6 Å². The Hall–Kier alpha value is -3.77. The van der Waals surface area contributed by atoms with Gasteiger partial charge in [-0.25, -0.2) is 4.98 Å². The summed E-state index contributed by atoms with van der Waals surface area (Å²) in [6.45, 7) is 6.46. The van der Waals surface area contributed by atoms with Crippen molar-refractivity contribution in [1.29, 1.82) is 0 Å². The Bertz CT molecular complexity index is 1390. The van der Waals surface area contributed by atoms with E-state index in [0.717, 1.165) is 29.1 Å². The lowest BCUT2D eigenvalue weighted by atomic mass is 9.83. The minimum Gasteiger partial charge on any atom is -0.495 e. The summed E-state index contributed by atoms with van der Waals surface area (Å²) in [5, 5.41) is 9.44. The third kappa shape index (κ3) is 6.86. The van der Waals surface area contributed by atoms with E-state index in [0.29, 0.717) is 30.7 Å². The van der Waals surface area contributed by atoms with Crippen LogP contribution < -0.4 is 4.74 Å². The maximum absolute atomic E-state index is 13.3. The molecule has 3 atom stereocenters. The summed E-state index contributed by atoms with van der Waals surface area (Å²) < 4.78 is 47.5. The lowest BCUT2D eigenvalue weighted by Crippen LogP contribution is -2.39. The first-order valence-electron chi connectivity index (χ1n) is 13.3. The van der Waals surface area contributed by atoms with Crippen LogP contribution >= 0.6 is 0 Å². The molecule has 0 aliphatic carbocycles. The number of hydrogen-bond acceptors (Lipinski definition) is 4. The zero-order valence-corrected chi connectivity index (χ0v) is 23.1. The minimum absolute atomic E-state index is 0.0140. The van der Waals surface area contributed by atoms with E-state index in [9.17, 15) is 23.1 Å². The number of likely N-dealkylation sites (tertiary alicyclic amines) is 1. The summed E-state index contributed by atoms with van der Waals surface area (Å²) in [4.78, 5) is 18.0. The molecule has 212 valence electrons. The largest absolute Gasteiger partial charge is 0.495 e. The Balaban J connectivity index is 1.77. The maximum Gasteiger partial charge on any atom is 0.416 e. The van der Waals surface area contributed by atoms with E-state index in [2.05, 4.69) is 21.7 Å². The fourth-order valence-corrected chi connectivity index (χ4v) is 5.25. The van der Waals surface area contributed by atoms with Crippen LogP contribution in [-0.4, -0.2) is 39.2 Å². The number of alkyl halides is 3. The number of aryl methyl sites for hydroxylation is 1. The third-order valence-electron chi connectivity index (χ3n) is 7.19. The first kappa shape index (κ1) is 29.2. The number of carboxylic acid groups (broad SMARTS) is 1. The highest BCUT2D eigenvalue weighted by molar-refractivity contribution is 5.67. The molecule has 3 unspecified atom stereocenters. The van der Waals surface area contributed by atoms with Crippen LogP contribution in [-0.2, 0) is 11.0 Å². The van der Waals surface area contributed by atoms with Crippen LogP contribution in [0.5, 0.6) is 5.75 Å². The van der Waals surface area contributed by atoms with Crippen molar-refractivity contribution in [2.75, 3.05) is 13.7 Å². The fraction of sp³-hybridized carbons (Fsp3) is 0.419. The molecule has 0 radical (unpaired) electrons. The molecular formula is C31H34F3N3O3. The Morgan fingerprint density at radius 2 is 1.90 bits per heavy atom. The van der Waals surface area contributed by atoms with Gasteiger partial charge in [-0.15, -0.1) is 0 Å². The number of nitrogens with zero attached hydrogens (tertiary/aromatic N) is 3. The van der Waals surface area contributed by atoms with E-state index in [4.69, 9.17) is 4.74 Å². The monoisotopic (exact) mass is 553 g/mol. The standard InChI is InChI=1S/C31H34F3N3O3/c1-20(2)5-11-26(24-8-12-27(29(17-24)40-4)36-18-21(3)35-19-36)37-14-13-22(16-30(38)39)15-28(37)23-6-9-25(10-7-23)31(32,33)34/h6-10,12,17-20,22,26,28H,13-16H2,1-4H3,(H,38,39). The Labute approximate surface area is 232 Å². The molecule has 4 rings (SSSR count). The van der Waals surface area contributed by atoms with Gasteiger partial charge in [0.25, 0.3) is 0 Å². The molecule has 0 spiro atoms. The molecule has 0 bridgehead atoms. The summed E-state index contributed by atoms with van der Waals surface area (Å²) in [5.74, 6) is 6.46. The second-order valence-electron chi connectivity index (χ2n) is 10.6. The predicted molar refractivity (Wildman–Crippen MR) is 146 cm³/mol. The molecule has 1 N–H and O–H groups in total. The van der Waals surface area contributed by atoms with Gasteiger partial charge in [0.1, 0.15) is 5.75 Å². The van der Waals surface area contributed by atoms with Crippen LogP contribution in [0.2, 0.25) is 0 Å². The molecule has 1 aliphatic heterocycles. The average molecular weight is 554 g/mol. The van der Waals surface area contributed by atoms with Crippen molar-refractivity contribution < 1.29 is 27.8 Å².